The lowest BCUT2D eigenvalue weighted by Crippen LogP contribution is -2.47. The molecule has 92 valence electrons. The molecule has 4 heteroatoms. The highest BCUT2D eigenvalue weighted by Crippen LogP contribution is 2.37. The smallest absolute Gasteiger partial charge is 0.320 e. The number of carbonyl (C=O) groups is 1. The average molecular weight is 298 g/mol. The standard InChI is InChI=1S/C13H16BrNO2/c1-8(13(16)17)15-12-6-10(7-12)9-3-2-4-11(14)5-9/h2-5,8,10,12,15H,6-7H2,1H3,(H,16,17)/t8-,10?,12?/m0/s1. The number of benzene rings is 1. The number of hydrogen-bond donors (Lipinski definition) is 2. The average Bonchev–Trinajstić information content (AvgIpc) is 2.22. The van der Waals surface area contributed by atoms with E-state index in [9.17, 15) is 4.79 Å². The summed E-state index contributed by atoms with van der Waals surface area (Å²) in [6, 6.07) is 8.21. The van der Waals surface area contributed by atoms with E-state index in [0.717, 1.165) is 17.3 Å². The number of carboxylic acids is 1. The fraction of sp³-hybridized carbons (Fsp3) is 0.462. The minimum absolute atomic E-state index is 0.338. The molecule has 0 saturated heterocycles. The van der Waals surface area contributed by atoms with E-state index in [1.54, 1.807) is 6.92 Å². The zero-order chi connectivity index (χ0) is 12.4. The molecule has 0 bridgehead atoms. The first-order chi connectivity index (χ1) is 8.06. The van der Waals surface area contributed by atoms with E-state index < -0.39 is 12.0 Å². The molecular weight excluding hydrogens is 282 g/mol. The maximum Gasteiger partial charge on any atom is 0.320 e. The lowest BCUT2D eigenvalue weighted by atomic mass is 9.75. The Balaban J connectivity index is 1.85. The first kappa shape index (κ1) is 12.6. The lowest BCUT2D eigenvalue weighted by molar-refractivity contribution is -0.139. The zero-order valence-electron chi connectivity index (χ0n) is 9.69. The molecule has 17 heavy (non-hydrogen) atoms. The molecule has 1 aliphatic carbocycles. The van der Waals surface area contributed by atoms with Gasteiger partial charge in [-0.1, -0.05) is 28.1 Å². The van der Waals surface area contributed by atoms with E-state index >= 15 is 0 Å². The molecule has 0 aromatic heterocycles. The molecule has 1 aliphatic rings. The molecule has 3 nitrogen and oxygen atoms in total. The molecule has 1 aromatic carbocycles. The van der Waals surface area contributed by atoms with E-state index in [2.05, 4.69) is 33.4 Å². The van der Waals surface area contributed by atoms with Crippen LogP contribution >= 0.6 is 15.9 Å². The summed E-state index contributed by atoms with van der Waals surface area (Å²) in [6.45, 7) is 1.69. The van der Waals surface area contributed by atoms with Gasteiger partial charge in [-0.2, -0.15) is 0 Å². The fourth-order valence-corrected chi connectivity index (χ4v) is 2.63. The maximum absolute atomic E-state index is 10.7. The second kappa shape index (κ2) is 5.19. The summed E-state index contributed by atoms with van der Waals surface area (Å²) in [6.07, 6.45) is 2.04. The molecule has 1 fully saturated rings. The molecule has 0 amide bonds. The van der Waals surface area contributed by atoms with Gasteiger partial charge in [0.05, 0.1) is 0 Å². The zero-order valence-corrected chi connectivity index (χ0v) is 11.3. The number of carboxylic acid groups (broad SMARTS) is 1. The van der Waals surface area contributed by atoms with Crippen molar-refractivity contribution in [2.75, 3.05) is 0 Å². The quantitative estimate of drug-likeness (QED) is 0.898. The van der Waals surface area contributed by atoms with Crippen LogP contribution in [0, 0.1) is 0 Å². The van der Waals surface area contributed by atoms with Crippen LogP contribution in [-0.2, 0) is 4.79 Å². The highest BCUT2D eigenvalue weighted by molar-refractivity contribution is 9.10. The van der Waals surface area contributed by atoms with Crippen molar-refractivity contribution in [1.82, 2.24) is 5.32 Å². The van der Waals surface area contributed by atoms with Crippen LogP contribution in [0.4, 0.5) is 0 Å². The van der Waals surface area contributed by atoms with E-state index in [4.69, 9.17) is 5.11 Å². The second-order valence-electron chi connectivity index (χ2n) is 4.65. The number of halogens is 1. The van der Waals surface area contributed by atoms with Crippen LogP contribution in [0.3, 0.4) is 0 Å². The van der Waals surface area contributed by atoms with E-state index in [-0.39, 0.29) is 0 Å². The predicted octanol–water partition coefficient (Wildman–Crippen LogP) is 2.76. The monoisotopic (exact) mass is 297 g/mol. The Labute approximate surface area is 109 Å². The van der Waals surface area contributed by atoms with Gasteiger partial charge in [0.15, 0.2) is 0 Å². The third kappa shape index (κ3) is 3.07. The topological polar surface area (TPSA) is 49.3 Å². The summed E-state index contributed by atoms with van der Waals surface area (Å²) in [7, 11) is 0. The van der Waals surface area contributed by atoms with Crippen molar-refractivity contribution < 1.29 is 9.90 Å². The molecule has 0 heterocycles. The Kier molecular flexibility index (Phi) is 3.84. The first-order valence-corrected chi connectivity index (χ1v) is 6.60. The number of aliphatic carboxylic acids is 1. The van der Waals surface area contributed by atoms with Gasteiger partial charge in [0.2, 0.25) is 0 Å². The molecular formula is C13H16BrNO2. The van der Waals surface area contributed by atoms with Crippen molar-refractivity contribution in [3.8, 4) is 0 Å². The van der Waals surface area contributed by atoms with Gasteiger partial charge in [0.25, 0.3) is 0 Å². The van der Waals surface area contributed by atoms with Crippen LogP contribution in [0.25, 0.3) is 0 Å². The molecule has 0 spiro atoms. The predicted molar refractivity (Wildman–Crippen MR) is 70.1 cm³/mol. The van der Waals surface area contributed by atoms with E-state index in [1.165, 1.54) is 5.56 Å². The van der Waals surface area contributed by atoms with Gasteiger partial charge < -0.3 is 10.4 Å². The Morgan fingerprint density at radius 2 is 2.24 bits per heavy atom. The maximum atomic E-state index is 10.7. The molecule has 1 saturated carbocycles. The molecule has 0 radical (unpaired) electrons. The van der Waals surface area contributed by atoms with E-state index in [0.29, 0.717) is 12.0 Å². The third-order valence-corrected chi connectivity index (χ3v) is 3.81. The summed E-state index contributed by atoms with van der Waals surface area (Å²) in [5.41, 5.74) is 1.33. The Hall–Kier alpha value is -0.870. The molecule has 1 atom stereocenters. The van der Waals surface area contributed by atoms with Gasteiger partial charge in [0.1, 0.15) is 6.04 Å². The van der Waals surface area contributed by atoms with Gasteiger partial charge in [-0.05, 0) is 43.4 Å². The fourth-order valence-electron chi connectivity index (χ4n) is 2.21. The van der Waals surface area contributed by atoms with Crippen LogP contribution in [-0.4, -0.2) is 23.2 Å². The molecule has 0 unspecified atom stereocenters. The highest BCUT2D eigenvalue weighted by Gasteiger charge is 2.31. The van der Waals surface area contributed by atoms with Gasteiger partial charge in [0, 0.05) is 10.5 Å². The molecule has 2 N–H and O–H groups in total. The lowest BCUT2D eigenvalue weighted by Gasteiger charge is -2.37. The minimum Gasteiger partial charge on any atom is -0.480 e. The SMILES string of the molecule is C[C@H](NC1CC(c2cccc(Br)c2)C1)C(=O)O. The van der Waals surface area contributed by atoms with Gasteiger partial charge in [-0.3, -0.25) is 4.79 Å². The second-order valence-corrected chi connectivity index (χ2v) is 5.56. The van der Waals surface area contributed by atoms with Crippen molar-refractivity contribution in [3.63, 3.8) is 0 Å². The van der Waals surface area contributed by atoms with E-state index in [1.807, 2.05) is 12.1 Å². The normalized spacial score (nSPS) is 25.1. The van der Waals surface area contributed by atoms with Gasteiger partial charge >= 0.3 is 5.97 Å². The van der Waals surface area contributed by atoms with Crippen molar-refractivity contribution >= 4 is 21.9 Å². The van der Waals surface area contributed by atoms with Crippen LogP contribution in [0.5, 0.6) is 0 Å². The van der Waals surface area contributed by atoms with Crippen LogP contribution in [0.1, 0.15) is 31.2 Å². The Bertz CT molecular complexity index is 416. The van der Waals surface area contributed by atoms with Crippen LogP contribution < -0.4 is 5.32 Å². The van der Waals surface area contributed by atoms with Crippen molar-refractivity contribution in [1.29, 1.82) is 0 Å². The summed E-state index contributed by atoms with van der Waals surface area (Å²) < 4.78 is 1.10. The van der Waals surface area contributed by atoms with Crippen LogP contribution in [0.15, 0.2) is 28.7 Å². The van der Waals surface area contributed by atoms with Gasteiger partial charge in [-0.25, -0.2) is 0 Å². The highest BCUT2D eigenvalue weighted by atomic mass is 79.9. The summed E-state index contributed by atoms with van der Waals surface area (Å²) >= 11 is 3.46. The number of rotatable bonds is 4. The summed E-state index contributed by atoms with van der Waals surface area (Å²) in [5, 5.41) is 11.9. The molecule has 0 aliphatic heterocycles. The van der Waals surface area contributed by atoms with Crippen molar-refractivity contribution in [3.05, 3.63) is 34.3 Å². The van der Waals surface area contributed by atoms with Crippen LogP contribution in [0.2, 0.25) is 0 Å². The van der Waals surface area contributed by atoms with Gasteiger partial charge in [-0.15, -0.1) is 0 Å². The Morgan fingerprint density at radius 1 is 1.53 bits per heavy atom. The number of hydrogen-bond acceptors (Lipinski definition) is 2. The number of nitrogens with one attached hydrogen (secondary N) is 1. The minimum atomic E-state index is -0.782. The largest absolute Gasteiger partial charge is 0.480 e. The summed E-state index contributed by atoms with van der Waals surface area (Å²) in [4.78, 5) is 10.7. The molecule has 2 rings (SSSR count). The van der Waals surface area contributed by atoms with Crippen molar-refractivity contribution in [2.45, 2.75) is 37.8 Å². The van der Waals surface area contributed by atoms with Crippen molar-refractivity contribution in [2.24, 2.45) is 0 Å². The third-order valence-electron chi connectivity index (χ3n) is 3.31. The Morgan fingerprint density at radius 3 is 2.82 bits per heavy atom. The molecule has 1 aromatic rings. The first-order valence-electron chi connectivity index (χ1n) is 5.80. The summed E-state index contributed by atoms with van der Waals surface area (Å²) in [5.74, 6) is -0.220.